The highest BCUT2D eigenvalue weighted by Crippen LogP contribution is 2.35. The van der Waals surface area contributed by atoms with Crippen molar-refractivity contribution in [2.24, 2.45) is 17.8 Å². The van der Waals surface area contributed by atoms with Crippen molar-refractivity contribution in [1.29, 1.82) is 0 Å². The number of hydrogen-bond donors (Lipinski definition) is 2. The smallest absolute Gasteiger partial charge is 0.168 e. The van der Waals surface area contributed by atoms with Gasteiger partial charge in [0.1, 0.15) is 17.4 Å². The van der Waals surface area contributed by atoms with Crippen LogP contribution in [0.4, 0.5) is 5.82 Å². The first-order valence-corrected chi connectivity index (χ1v) is 11.2. The third-order valence-electron chi connectivity index (χ3n) is 5.88. The second-order valence-electron chi connectivity index (χ2n) is 9.74. The Hall–Kier alpha value is -1.86. The Morgan fingerprint density at radius 1 is 1.23 bits per heavy atom. The minimum atomic E-state index is -0.200. The zero-order chi connectivity index (χ0) is 21.7. The van der Waals surface area contributed by atoms with Crippen LogP contribution in [0.3, 0.4) is 0 Å². The first-order chi connectivity index (χ1) is 14.3. The van der Waals surface area contributed by atoms with E-state index in [1.54, 1.807) is 13.3 Å². The average molecular weight is 417 g/mol. The van der Waals surface area contributed by atoms with E-state index in [1.807, 2.05) is 0 Å². The molecule has 3 rings (SSSR count). The van der Waals surface area contributed by atoms with Gasteiger partial charge in [-0.15, -0.1) is 0 Å². The van der Waals surface area contributed by atoms with Crippen LogP contribution in [0.5, 0.6) is 0 Å². The number of rotatable bonds is 10. The molecule has 0 aromatic carbocycles. The van der Waals surface area contributed by atoms with Crippen LogP contribution in [0.15, 0.2) is 6.20 Å². The van der Waals surface area contributed by atoms with Gasteiger partial charge in [-0.1, -0.05) is 20.8 Å². The topological polar surface area (TPSA) is 93.2 Å². The Kier molecular flexibility index (Phi) is 7.58. The Balaban J connectivity index is 1.69. The van der Waals surface area contributed by atoms with Crippen molar-refractivity contribution in [3.05, 3.63) is 17.6 Å². The molecule has 7 heteroatoms. The summed E-state index contributed by atoms with van der Waals surface area (Å²) < 4.78 is 5.11. The summed E-state index contributed by atoms with van der Waals surface area (Å²) in [6.45, 7) is 9.03. The molecule has 2 fully saturated rings. The summed E-state index contributed by atoms with van der Waals surface area (Å²) in [5, 5.41) is 6.67. The summed E-state index contributed by atoms with van der Waals surface area (Å²) in [7, 11) is 1.68. The number of carbonyl (C=O) groups excluding carboxylic acids is 2. The van der Waals surface area contributed by atoms with Gasteiger partial charge in [0.25, 0.3) is 0 Å². The maximum atomic E-state index is 13.1. The van der Waals surface area contributed by atoms with E-state index in [2.05, 4.69) is 41.4 Å². The van der Waals surface area contributed by atoms with Gasteiger partial charge in [0.2, 0.25) is 0 Å². The van der Waals surface area contributed by atoms with E-state index in [1.165, 1.54) is 0 Å². The minimum absolute atomic E-state index is 0.0380. The van der Waals surface area contributed by atoms with Crippen molar-refractivity contribution in [3.63, 3.8) is 0 Å². The molecule has 0 radical (unpaired) electrons. The van der Waals surface area contributed by atoms with Crippen molar-refractivity contribution < 1.29 is 14.3 Å². The Labute approximate surface area is 179 Å². The summed E-state index contributed by atoms with van der Waals surface area (Å²) in [4.78, 5) is 34.8. The molecule has 166 valence electrons. The first kappa shape index (κ1) is 22.8. The molecule has 0 amide bonds. The van der Waals surface area contributed by atoms with E-state index in [4.69, 9.17) is 4.74 Å². The highest BCUT2D eigenvalue weighted by Gasteiger charge is 2.37. The standard InChI is InChI=1S/C23H36N4O3/c1-23(2,3)22-26-14-18(21(27-22)25-8-5-9-30-4)19(28)11-15-10-17(13-24-12-15)20(29)16-6-7-16/h14-17,24H,5-13H2,1-4H3,(H,25,26,27). The van der Waals surface area contributed by atoms with E-state index >= 15 is 0 Å². The quantitative estimate of drug-likeness (QED) is 0.447. The van der Waals surface area contributed by atoms with Crippen molar-refractivity contribution in [1.82, 2.24) is 15.3 Å². The zero-order valence-corrected chi connectivity index (χ0v) is 18.8. The van der Waals surface area contributed by atoms with E-state index in [0.717, 1.165) is 38.8 Å². The van der Waals surface area contributed by atoms with Gasteiger partial charge in [0.15, 0.2) is 5.78 Å². The Morgan fingerprint density at radius 3 is 2.67 bits per heavy atom. The van der Waals surface area contributed by atoms with E-state index < -0.39 is 0 Å². The monoisotopic (exact) mass is 416 g/mol. The summed E-state index contributed by atoms with van der Waals surface area (Å²) in [5.74, 6) is 2.23. The molecule has 2 N–H and O–H groups in total. The van der Waals surface area contributed by atoms with Crippen LogP contribution in [0.2, 0.25) is 0 Å². The third-order valence-corrected chi connectivity index (χ3v) is 5.88. The van der Waals surface area contributed by atoms with Crippen molar-refractivity contribution in [3.8, 4) is 0 Å². The maximum absolute atomic E-state index is 13.1. The lowest BCUT2D eigenvalue weighted by Crippen LogP contribution is -2.41. The number of nitrogens with zero attached hydrogens (tertiary/aromatic N) is 2. The third kappa shape index (κ3) is 6.08. The van der Waals surface area contributed by atoms with Gasteiger partial charge in [-0.2, -0.15) is 0 Å². The molecule has 2 aliphatic rings. The summed E-state index contributed by atoms with van der Waals surface area (Å²) in [5.41, 5.74) is 0.338. The second kappa shape index (κ2) is 9.96. The predicted molar refractivity (Wildman–Crippen MR) is 117 cm³/mol. The Bertz CT molecular complexity index is 755. The fourth-order valence-electron chi connectivity index (χ4n) is 3.98. The molecule has 1 aliphatic heterocycles. The summed E-state index contributed by atoms with van der Waals surface area (Å²) >= 11 is 0. The number of aromatic nitrogens is 2. The lowest BCUT2D eigenvalue weighted by molar-refractivity contribution is -0.125. The number of ketones is 2. The molecule has 1 aromatic rings. The largest absolute Gasteiger partial charge is 0.385 e. The van der Waals surface area contributed by atoms with Crippen molar-refractivity contribution >= 4 is 17.4 Å². The number of anilines is 1. The van der Waals surface area contributed by atoms with Gasteiger partial charge in [-0.3, -0.25) is 9.59 Å². The zero-order valence-electron chi connectivity index (χ0n) is 18.8. The van der Waals surface area contributed by atoms with Gasteiger partial charge in [0, 0.05) is 56.7 Å². The lowest BCUT2D eigenvalue weighted by atomic mass is 9.83. The number of methoxy groups -OCH3 is 1. The fourth-order valence-corrected chi connectivity index (χ4v) is 3.98. The number of nitrogens with one attached hydrogen (secondary N) is 2. The van der Waals surface area contributed by atoms with Gasteiger partial charge in [-0.05, 0) is 38.1 Å². The lowest BCUT2D eigenvalue weighted by Gasteiger charge is -2.29. The van der Waals surface area contributed by atoms with Crippen LogP contribution in [0.25, 0.3) is 0 Å². The van der Waals surface area contributed by atoms with Gasteiger partial charge >= 0.3 is 0 Å². The minimum Gasteiger partial charge on any atom is -0.385 e. The van der Waals surface area contributed by atoms with Crippen LogP contribution in [0.1, 0.15) is 69.1 Å². The number of ether oxygens (including phenoxy) is 1. The molecule has 1 saturated carbocycles. The van der Waals surface area contributed by atoms with Gasteiger partial charge in [0.05, 0.1) is 5.56 Å². The van der Waals surface area contributed by atoms with Gasteiger partial charge < -0.3 is 15.4 Å². The van der Waals surface area contributed by atoms with E-state index in [0.29, 0.717) is 42.6 Å². The van der Waals surface area contributed by atoms with Crippen molar-refractivity contribution in [2.45, 2.75) is 58.3 Å². The highest BCUT2D eigenvalue weighted by atomic mass is 16.5. The molecule has 1 aliphatic carbocycles. The highest BCUT2D eigenvalue weighted by molar-refractivity contribution is 6.00. The van der Waals surface area contributed by atoms with E-state index in [9.17, 15) is 9.59 Å². The normalized spacial score (nSPS) is 22.0. The Morgan fingerprint density at radius 2 is 2.00 bits per heavy atom. The predicted octanol–water partition coefficient (Wildman–Crippen LogP) is 3.00. The van der Waals surface area contributed by atoms with E-state index in [-0.39, 0.29) is 29.0 Å². The number of carbonyl (C=O) groups is 2. The van der Waals surface area contributed by atoms with Crippen LogP contribution in [-0.4, -0.2) is 54.9 Å². The number of hydrogen-bond acceptors (Lipinski definition) is 7. The van der Waals surface area contributed by atoms with Crippen LogP contribution in [-0.2, 0) is 14.9 Å². The number of piperidine rings is 1. The molecule has 2 heterocycles. The number of Topliss-reactive ketones (excluding diaryl/α,β-unsaturated/α-hetero) is 2. The van der Waals surface area contributed by atoms with Crippen LogP contribution < -0.4 is 10.6 Å². The molecular formula is C23H36N4O3. The average Bonchev–Trinajstić information content (AvgIpc) is 3.55. The summed E-state index contributed by atoms with van der Waals surface area (Å²) in [6.07, 6.45) is 5.77. The molecular weight excluding hydrogens is 380 g/mol. The van der Waals surface area contributed by atoms with Gasteiger partial charge in [-0.25, -0.2) is 9.97 Å². The fraction of sp³-hybridized carbons (Fsp3) is 0.739. The molecule has 30 heavy (non-hydrogen) atoms. The maximum Gasteiger partial charge on any atom is 0.168 e. The molecule has 2 unspecified atom stereocenters. The van der Waals surface area contributed by atoms with Crippen molar-refractivity contribution in [2.75, 3.05) is 38.7 Å². The van der Waals surface area contributed by atoms with Crippen LogP contribution in [0, 0.1) is 17.8 Å². The molecule has 1 saturated heterocycles. The van der Waals surface area contributed by atoms with Crippen LogP contribution >= 0.6 is 0 Å². The first-order valence-electron chi connectivity index (χ1n) is 11.2. The molecule has 7 nitrogen and oxygen atoms in total. The molecule has 1 aromatic heterocycles. The molecule has 0 spiro atoms. The molecule has 2 atom stereocenters. The summed E-state index contributed by atoms with van der Waals surface area (Å²) in [6, 6.07) is 0. The SMILES string of the molecule is COCCCNc1nc(C(C)(C)C)ncc1C(=O)CC1CNCC(C(=O)C2CC2)C1. The second-order valence-corrected chi connectivity index (χ2v) is 9.74. The molecule has 0 bridgehead atoms.